The molecule has 0 amide bonds. The van der Waals surface area contributed by atoms with E-state index in [9.17, 15) is 0 Å². The Hall–Kier alpha value is -1.09. The lowest BCUT2D eigenvalue weighted by molar-refractivity contribution is 0.283. The maximum Gasteiger partial charge on any atom is 0.125 e. The molecule has 0 bridgehead atoms. The third-order valence-electron chi connectivity index (χ3n) is 2.05. The molecule has 0 fully saturated rings. The summed E-state index contributed by atoms with van der Waals surface area (Å²) < 4.78 is 0. The Balaban J connectivity index is 2.15. The van der Waals surface area contributed by atoms with Crippen molar-refractivity contribution in [2.45, 2.75) is 26.2 Å². The number of rotatable bonds is 6. The quantitative estimate of drug-likeness (QED) is 0.680. The van der Waals surface area contributed by atoms with Crippen LogP contribution in [0.2, 0.25) is 0 Å². The largest absolute Gasteiger partial charge is 0.396 e. The van der Waals surface area contributed by atoms with Crippen molar-refractivity contribution in [2.24, 2.45) is 0 Å². The lowest BCUT2D eigenvalue weighted by Crippen LogP contribution is -2.03. The standard InChI is InChI=1S/C11H18N2O/c1-10-5-6-11(13-9-10)12-7-3-2-4-8-14/h5-6,9,14H,2-4,7-8H2,1H3,(H,12,13). The van der Waals surface area contributed by atoms with Crippen LogP contribution >= 0.6 is 0 Å². The average Bonchev–Trinajstić information content (AvgIpc) is 2.21. The zero-order chi connectivity index (χ0) is 10.2. The SMILES string of the molecule is Cc1ccc(NCCCCCO)nc1. The van der Waals surface area contributed by atoms with E-state index in [1.54, 1.807) is 0 Å². The molecule has 1 aromatic heterocycles. The molecule has 0 aliphatic heterocycles. The van der Waals surface area contributed by atoms with Gasteiger partial charge in [-0.3, -0.25) is 0 Å². The fraction of sp³-hybridized carbons (Fsp3) is 0.545. The second-order valence-electron chi connectivity index (χ2n) is 3.43. The van der Waals surface area contributed by atoms with Gasteiger partial charge in [0.15, 0.2) is 0 Å². The summed E-state index contributed by atoms with van der Waals surface area (Å²) in [6.07, 6.45) is 4.89. The molecular formula is C11H18N2O. The minimum absolute atomic E-state index is 0.294. The van der Waals surface area contributed by atoms with Crippen LogP contribution in [-0.4, -0.2) is 23.2 Å². The van der Waals surface area contributed by atoms with Crippen molar-refractivity contribution in [2.75, 3.05) is 18.5 Å². The van der Waals surface area contributed by atoms with Crippen LogP contribution in [0.25, 0.3) is 0 Å². The normalized spacial score (nSPS) is 10.1. The molecule has 3 heteroatoms. The van der Waals surface area contributed by atoms with E-state index in [0.717, 1.165) is 31.6 Å². The van der Waals surface area contributed by atoms with Gasteiger partial charge in [0.05, 0.1) is 0 Å². The minimum atomic E-state index is 0.294. The number of nitrogens with zero attached hydrogens (tertiary/aromatic N) is 1. The fourth-order valence-electron chi connectivity index (χ4n) is 1.20. The van der Waals surface area contributed by atoms with Gasteiger partial charge in [-0.25, -0.2) is 4.98 Å². The number of anilines is 1. The maximum atomic E-state index is 8.58. The highest BCUT2D eigenvalue weighted by Crippen LogP contribution is 2.04. The van der Waals surface area contributed by atoms with Crippen LogP contribution < -0.4 is 5.32 Å². The molecule has 0 aromatic carbocycles. The van der Waals surface area contributed by atoms with Gasteiger partial charge >= 0.3 is 0 Å². The second kappa shape index (κ2) is 6.38. The van der Waals surface area contributed by atoms with Gasteiger partial charge in [-0.05, 0) is 37.8 Å². The number of hydrogen-bond donors (Lipinski definition) is 2. The van der Waals surface area contributed by atoms with E-state index in [1.807, 2.05) is 25.3 Å². The highest BCUT2D eigenvalue weighted by Gasteiger charge is 1.92. The molecule has 1 rings (SSSR count). The molecule has 0 saturated carbocycles. The molecule has 2 N–H and O–H groups in total. The number of hydrogen-bond acceptors (Lipinski definition) is 3. The first-order valence-electron chi connectivity index (χ1n) is 5.10. The first kappa shape index (κ1) is 11.0. The predicted octanol–water partition coefficient (Wildman–Crippen LogP) is 1.96. The van der Waals surface area contributed by atoms with E-state index in [2.05, 4.69) is 10.3 Å². The zero-order valence-corrected chi connectivity index (χ0v) is 8.66. The molecule has 3 nitrogen and oxygen atoms in total. The third-order valence-corrected chi connectivity index (χ3v) is 2.05. The summed E-state index contributed by atoms with van der Waals surface area (Å²) in [7, 11) is 0. The van der Waals surface area contributed by atoms with Crippen LogP contribution in [0.1, 0.15) is 24.8 Å². The van der Waals surface area contributed by atoms with Crippen molar-refractivity contribution in [3.63, 3.8) is 0 Å². The Kier molecular flexibility index (Phi) is 5.00. The summed E-state index contributed by atoms with van der Waals surface area (Å²) in [6, 6.07) is 4.03. The molecule has 0 saturated heterocycles. The van der Waals surface area contributed by atoms with E-state index in [4.69, 9.17) is 5.11 Å². The van der Waals surface area contributed by atoms with Crippen LogP contribution in [-0.2, 0) is 0 Å². The second-order valence-corrected chi connectivity index (χ2v) is 3.43. The van der Waals surface area contributed by atoms with Crippen molar-refractivity contribution in [1.82, 2.24) is 4.98 Å². The van der Waals surface area contributed by atoms with Crippen molar-refractivity contribution < 1.29 is 5.11 Å². The highest BCUT2D eigenvalue weighted by atomic mass is 16.2. The number of aromatic nitrogens is 1. The van der Waals surface area contributed by atoms with E-state index < -0.39 is 0 Å². The lowest BCUT2D eigenvalue weighted by Gasteiger charge is -2.04. The van der Waals surface area contributed by atoms with Crippen molar-refractivity contribution in [3.05, 3.63) is 23.9 Å². The average molecular weight is 194 g/mol. The molecule has 0 radical (unpaired) electrons. The van der Waals surface area contributed by atoms with Crippen LogP contribution in [0.15, 0.2) is 18.3 Å². The summed E-state index contributed by atoms with van der Waals surface area (Å²) in [4.78, 5) is 4.24. The third kappa shape index (κ3) is 4.23. The molecule has 0 aliphatic carbocycles. The van der Waals surface area contributed by atoms with Gasteiger partial charge in [0.2, 0.25) is 0 Å². The van der Waals surface area contributed by atoms with Gasteiger partial charge in [0.25, 0.3) is 0 Å². The molecule has 0 spiro atoms. The summed E-state index contributed by atoms with van der Waals surface area (Å²) in [5, 5.41) is 11.8. The van der Waals surface area contributed by atoms with Gasteiger partial charge in [-0.1, -0.05) is 6.07 Å². The monoisotopic (exact) mass is 194 g/mol. The smallest absolute Gasteiger partial charge is 0.125 e. The molecule has 1 heterocycles. The highest BCUT2D eigenvalue weighted by molar-refractivity contribution is 5.34. The van der Waals surface area contributed by atoms with Crippen molar-refractivity contribution >= 4 is 5.82 Å². The Labute approximate surface area is 85.2 Å². The van der Waals surface area contributed by atoms with Gasteiger partial charge in [-0.15, -0.1) is 0 Å². The summed E-state index contributed by atoms with van der Waals surface area (Å²) in [6.45, 7) is 3.25. The van der Waals surface area contributed by atoms with Crippen LogP contribution in [0, 0.1) is 6.92 Å². The summed E-state index contributed by atoms with van der Waals surface area (Å²) in [5.41, 5.74) is 1.18. The molecule has 78 valence electrons. The van der Waals surface area contributed by atoms with Crippen LogP contribution in [0.3, 0.4) is 0 Å². The molecule has 0 aliphatic rings. The van der Waals surface area contributed by atoms with Gasteiger partial charge < -0.3 is 10.4 Å². The van der Waals surface area contributed by atoms with Gasteiger partial charge in [0, 0.05) is 19.3 Å². The lowest BCUT2D eigenvalue weighted by atomic mass is 10.2. The summed E-state index contributed by atoms with van der Waals surface area (Å²) in [5.74, 6) is 0.930. The first-order valence-corrected chi connectivity index (χ1v) is 5.10. The Morgan fingerprint density at radius 3 is 2.79 bits per heavy atom. The topological polar surface area (TPSA) is 45.1 Å². The number of aryl methyl sites for hydroxylation is 1. The molecule has 1 aromatic rings. The molecule has 0 unspecified atom stereocenters. The minimum Gasteiger partial charge on any atom is -0.396 e. The Morgan fingerprint density at radius 2 is 2.14 bits per heavy atom. The molecular weight excluding hydrogens is 176 g/mol. The van der Waals surface area contributed by atoms with E-state index in [0.29, 0.717) is 6.61 Å². The number of unbranched alkanes of at least 4 members (excludes halogenated alkanes) is 2. The van der Waals surface area contributed by atoms with E-state index in [-0.39, 0.29) is 0 Å². The number of aliphatic hydroxyl groups is 1. The predicted molar refractivity (Wildman–Crippen MR) is 58.4 cm³/mol. The Morgan fingerprint density at radius 1 is 1.29 bits per heavy atom. The van der Waals surface area contributed by atoms with Gasteiger partial charge in [-0.2, -0.15) is 0 Å². The van der Waals surface area contributed by atoms with Crippen LogP contribution in [0.4, 0.5) is 5.82 Å². The maximum absolute atomic E-state index is 8.58. The number of aliphatic hydroxyl groups excluding tert-OH is 1. The van der Waals surface area contributed by atoms with Gasteiger partial charge in [0.1, 0.15) is 5.82 Å². The number of pyridine rings is 1. The van der Waals surface area contributed by atoms with Crippen molar-refractivity contribution in [3.8, 4) is 0 Å². The van der Waals surface area contributed by atoms with E-state index in [1.165, 1.54) is 5.56 Å². The molecule has 0 atom stereocenters. The van der Waals surface area contributed by atoms with Crippen LogP contribution in [0.5, 0.6) is 0 Å². The van der Waals surface area contributed by atoms with Crippen molar-refractivity contribution in [1.29, 1.82) is 0 Å². The number of nitrogens with one attached hydrogen (secondary N) is 1. The summed E-state index contributed by atoms with van der Waals surface area (Å²) >= 11 is 0. The fourth-order valence-corrected chi connectivity index (χ4v) is 1.20. The van der Waals surface area contributed by atoms with E-state index >= 15 is 0 Å². The zero-order valence-electron chi connectivity index (χ0n) is 8.66. The Bertz CT molecular complexity index is 246. The molecule has 14 heavy (non-hydrogen) atoms. The first-order chi connectivity index (χ1) is 6.83.